The summed E-state index contributed by atoms with van der Waals surface area (Å²) in [6, 6.07) is 23.6. The number of aryl methyl sites for hydroxylation is 2. The molecule has 0 aliphatic heterocycles. The Morgan fingerprint density at radius 3 is 2.47 bits per heavy atom. The summed E-state index contributed by atoms with van der Waals surface area (Å²) in [5.41, 5.74) is 6.70. The van der Waals surface area contributed by atoms with Gasteiger partial charge in [0.15, 0.2) is 5.65 Å². The van der Waals surface area contributed by atoms with Crippen molar-refractivity contribution in [1.82, 2.24) is 24.5 Å². The van der Waals surface area contributed by atoms with Crippen molar-refractivity contribution >= 4 is 22.5 Å². The van der Waals surface area contributed by atoms with Crippen molar-refractivity contribution in [3.8, 4) is 0 Å². The second-order valence-electron chi connectivity index (χ2n) is 8.59. The monoisotopic (exact) mass is 449 g/mol. The zero-order valence-electron chi connectivity index (χ0n) is 19.6. The maximum absolute atomic E-state index is 13.4. The van der Waals surface area contributed by atoms with Gasteiger partial charge in [0.2, 0.25) is 5.91 Å². The summed E-state index contributed by atoms with van der Waals surface area (Å²) in [5.74, 6) is 0.0593. The molecule has 5 rings (SSSR count). The second-order valence-corrected chi connectivity index (χ2v) is 8.59. The summed E-state index contributed by atoms with van der Waals surface area (Å²) in [4.78, 5) is 24.6. The van der Waals surface area contributed by atoms with E-state index in [0.717, 1.165) is 44.8 Å². The highest BCUT2D eigenvalue weighted by atomic mass is 16.2. The third-order valence-electron chi connectivity index (χ3n) is 6.47. The summed E-state index contributed by atoms with van der Waals surface area (Å²) in [5, 5.41) is 5.78. The third kappa shape index (κ3) is 3.92. The van der Waals surface area contributed by atoms with Gasteiger partial charge in [0.1, 0.15) is 0 Å². The van der Waals surface area contributed by atoms with E-state index in [-0.39, 0.29) is 11.9 Å². The Morgan fingerprint density at radius 1 is 0.971 bits per heavy atom. The number of carbonyl (C=O) groups is 1. The molecule has 0 saturated heterocycles. The number of carbonyl (C=O) groups excluding carboxylic acids is 1. The summed E-state index contributed by atoms with van der Waals surface area (Å²) in [7, 11) is 1.86. The van der Waals surface area contributed by atoms with Crippen LogP contribution in [0.2, 0.25) is 0 Å². The van der Waals surface area contributed by atoms with Crippen molar-refractivity contribution in [1.29, 1.82) is 0 Å². The molecule has 1 atom stereocenters. The zero-order valence-corrected chi connectivity index (χ0v) is 19.6. The summed E-state index contributed by atoms with van der Waals surface area (Å²) in [6.45, 7) is 4.07. The standard InChI is InChI=1S/C28H27N5O/c1-19-22(20(2)33-28(30-19)23-13-7-8-14-24(23)31-33)16-17-26(34)32(3)27(21-11-5-4-6-12-21)25-15-9-10-18-29-25/h4-15,18,27H,16-17H2,1-3H3/t27-/m0/s1. The lowest BCUT2D eigenvalue weighted by molar-refractivity contribution is -0.131. The number of hydrogen-bond donors (Lipinski definition) is 0. The molecule has 170 valence electrons. The first kappa shape index (κ1) is 21.8. The number of amides is 1. The number of benzene rings is 2. The molecule has 0 aliphatic carbocycles. The van der Waals surface area contributed by atoms with Crippen molar-refractivity contribution in [2.45, 2.75) is 32.7 Å². The lowest BCUT2D eigenvalue weighted by atomic mass is 10.0. The average molecular weight is 450 g/mol. The first-order valence-corrected chi connectivity index (χ1v) is 11.5. The highest BCUT2D eigenvalue weighted by Crippen LogP contribution is 2.28. The first-order chi connectivity index (χ1) is 16.5. The molecule has 2 aromatic carbocycles. The largest absolute Gasteiger partial charge is 0.333 e. The molecular weight excluding hydrogens is 422 g/mol. The zero-order chi connectivity index (χ0) is 23.7. The highest BCUT2D eigenvalue weighted by molar-refractivity contribution is 5.92. The molecule has 34 heavy (non-hydrogen) atoms. The lowest BCUT2D eigenvalue weighted by Gasteiger charge is -2.28. The normalized spacial score (nSPS) is 12.2. The molecule has 0 N–H and O–H groups in total. The van der Waals surface area contributed by atoms with Crippen LogP contribution in [0.1, 0.15) is 40.7 Å². The minimum absolute atomic E-state index is 0.0593. The molecule has 0 unspecified atom stereocenters. The number of rotatable bonds is 6. The maximum Gasteiger partial charge on any atom is 0.223 e. The number of pyridine rings is 1. The Morgan fingerprint density at radius 2 is 1.71 bits per heavy atom. The predicted octanol–water partition coefficient (Wildman–Crippen LogP) is 5.07. The van der Waals surface area contributed by atoms with Gasteiger partial charge in [-0.1, -0.05) is 48.5 Å². The molecule has 3 heterocycles. The quantitative estimate of drug-likeness (QED) is 0.363. The minimum Gasteiger partial charge on any atom is -0.333 e. The molecule has 0 radical (unpaired) electrons. The van der Waals surface area contributed by atoms with Crippen molar-refractivity contribution in [2.24, 2.45) is 0 Å². The molecule has 1 amide bonds. The van der Waals surface area contributed by atoms with E-state index < -0.39 is 0 Å². The van der Waals surface area contributed by atoms with Crippen LogP contribution in [0.3, 0.4) is 0 Å². The Hall–Kier alpha value is -4.06. The number of aromatic nitrogens is 4. The molecule has 0 bridgehead atoms. The highest BCUT2D eigenvalue weighted by Gasteiger charge is 2.25. The van der Waals surface area contributed by atoms with Crippen LogP contribution in [-0.4, -0.2) is 37.4 Å². The van der Waals surface area contributed by atoms with Gasteiger partial charge in [-0.15, -0.1) is 0 Å². The van der Waals surface area contributed by atoms with E-state index in [9.17, 15) is 4.79 Å². The van der Waals surface area contributed by atoms with Crippen LogP contribution in [0, 0.1) is 13.8 Å². The van der Waals surface area contributed by atoms with Crippen LogP contribution < -0.4 is 0 Å². The third-order valence-corrected chi connectivity index (χ3v) is 6.47. The van der Waals surface area contributed by atoms with Gasteiger partial charge in [0.25, 0.3) is 0 Å². The SMILES string of the molecule is Cc1nc2c3ccccc3nn2c(C)c1CCC(=O)N(C)[C@@H](c1ccccc1)c1ccccn1. The lowest BCUT2D eigenvalue weighted by Crippen LogP contribution is -2.32. The number of fused-ring (bicyclic) bond motifs is 3. The van der Waals surface area contributed by atoms with Crippen LogP contribution in [0.15, 0.2) is 79.0 Å². The van der Waals surface area contributed by atoms with Crippen molar-refractivity contribution in [3.05, 3.63) is 107 Å². The Kier molecular flexibility index (Phi) is 5.80. The van der Waals surface area contributed by atoms with Crippen LogP contribution in [0.25, 0.3) is 16.6 Å². The van der Waals surface area contributed by atoms with E-state index in [1.165, 1.54) is 0 Å². The van der Waals surface area contributed by atoms with E-state index in [4.69, 9.17) is 10.1 Å². The molecule has 5 aromatic rings. The van der Waals surface area contributed by atoms with E-state index in [1.54, 1.807) is 11.1 Å². The van der Waals surface area contributed by atoms with Gasteiger partial charge in [-0.3, -0.25) is 9.78 Å². The topological polar surface area (TPSA) is 63.4 Å². The van der Waals surface area contributed by atoms with E-state index in [2.05, 4.69) is 11.9 Å². The van der Waals surface area contributed by atoms with Gasteiger partial charge in [-0.2, -0.15) is 5.10 Å². The Balaban J connectivity index is 1.42. The number of hydrogen-bond acceptors (Lipinski definition) is 4. The molecule has 0 fully saturated rings. The van der Waals surface area contributed by atoms with Crippen molar-refractivity contribution in [2.75, 3.05) is 7.05 Å². The van der Waals surface area contributed by atoms with E-state index in [0.29, 0.717) is 12.8 Å². The van der Waals surface area contributed by atoms with Crippen LogP contribution in [0.5, 0.6) is 0 Å². The molecule has 0 spiro atoms. The summed E-state index contributed by atoms with van der Waals surface area (Å²) < 4.78 is 1.90. The molecule has 3 aromatic heterocycles. The van der Waals surface area contributed by atoms with Gasteiger partial charge in [0.05, 0.1) is 17.3 Å². The second kappa shape index (κ2) is 9.06. The van der Waals surface area contributed by atoms with Gasteiger partial charge < -0.3 is 4.90 Å². The van der Waals surface area contributed by atoms with Crippen molar-refractivity contribution < 1.29 is 4.79 Å². The smallest absolute Gasteiger partial charge is 0.223 e. The van der Waals surface area contributed by atoms with Crippen LogP contribution in [-0.2, 0) is 11.2 Å². The molecular formula is C28H27N5O. The first-order valence-electron chi connectivity index (χ1n) is 11.5. The number of nitrogens with zero attached hydrogens (tertiary/aromatic N) is 5. The molecule has 6 nitrogen and oxygen atoms in total. The fraction of sp³-hybridized carbons (Fsp3) is 0.214. The Labute approximate surface area is 198 Å². The van der Waals surface area contributed by atoms with E-state index in [1.807, 2.05) is 91.3 Å². The average Bonchev–Trinajstić information content (AvgIpc) is 3.24. The molecule has 0 aliphatic rings. The summed E-state index contributed by atoms with van der Waals surface area (Å²) in [6.07, 6.45) is 2.75. The van der Waals surface area contributed by atoms with Gasteiger partial charge in [-0.25, -0.2) is 9.50 Å². The Bertz CT molecular complexity index is 1420. The van der Waals surface area contributed by atoms with Gasteiger partial charge >= 0.3 is 0 Å². The molecule has 6 heteroatoms. The predicted molar refractivity (Wildman–Crippen MR) is 134 cm³/mol. The minimum atomic E-state index is -0.242. The van der Waals surface area contributed by atoms with Crippen LogP contribution >= 0.6 is 0 Å². The van der Waals surface area contributed by atoms with Crippen LogP contribution in [0.4, 0.5) is 0 Å². The fourth-order valence-corrected chi connectivity index (χ4v) is 4.66. The summed E-state index contributed by atoms with van der Waals surface area (Å²) >= 11 is 0. The van der Waals surface area contributed by atoms with Gasteiger partial charge in [0, 0.05) is 36.4 Å². The maximum atomic E-state index is 13.4. The van der Waals surface area contributed by atoms with E-state index >= 15 is 0 Å². The van der Waals surface area contributed by atoms with Gasteiger partial charge in [-0.05, 0) is 55.7 Å². The molecule has 0 saturated carbocycles. The van der Waals surface area contributed by atoms with Crippen molar-refractivity contribution in [3.63, 3.8) is 0 Å². The fourth-order valence-electron chi connectivity index (χ4n) is 4.66.